The summed E-state index contributed by atoms with van der Waals surface area (Å²) in [4.78, 5) is 0. The number of fused-ring (bicyclic) bond motifs is 7. The van der Waals surface area contributed by atoms with Crippen LogP contribution in [0.15, 0.2) is 0 Å². The van der Waals surface area contributed by atoms with Crippen LogP contribution in [0.4, 0.5) is 0 Å². The molecule has 1 N–H and O–H groups in total. The van der Waals surface area contributed by atoms with E-state index in [0.29, 0.717) is 0 Å². The second kappa shape index (κ2) is 5.53. The first-order chi connectivity index (χ1) is 8.93. The summed E-state index contributed by atoms with van der Waals surface area (Å²) < 4.78 is 0. The second-order valence-electron chi connectivity index (χ2n) is 6.86. The van der Waals surface area contributed by atoms with Gasteiger partial charge in [0.1, 0.15) is 0 Å². The van der Waals surface area contributed by atoms with Crippen LogP contribution >= 0.6 is 0 Å². The number of rotatable bonds is 0. The van der Waals surface area contributed by atoms with Crippen molar-refractivity contribution in [2.75, 3.05) is 0 Å². The molecule has 2 saturated carbocycles. The van der Waals surface area contributed by atoms with Crippen LogP contribution in [0.3, 0.4) is 0 Å². The summed E-state index contributed by atoms with van der Waals surface area (Å²) in [6, 6.07) is 1.86. The molecule has 0 aromatic rings. The third-order valence-corrected chi connectivity index (χ3v) is 6.25. The van der Waals surface area contributed by atoms with Crippen LogP contribution < -0.4 is 5.32 Å². The molecule has 0 aromatic carbocycles. The predicted octanol–water partition coefficient (Wildman–Crippen LogP) is 4.37. The lowest BCUT2D eigenvalue weighted by Gasteiger charge is -2.42. The average molecular weight is 249 g/mol. The summed E-state index contributed by atoms with van der Waals surface area (Å²) in [6.07, 6.45) is 13.8. The molecule has 1 nitrogen and oxygen atoms in total. The number of nitrogens with one attached hydrogen (secondary N) is 1. The summed E-state index contributed by atoms with van der Waals surface area (Å²) in [5, 5.41) is 4.03. The highest BCUT2D eigenvalue weighted by Crippen LogP contribution is 2.52. The van der Waals surface area contributed by atoms with Crippen molar-refractivity contribution in [2.45, 2.75) is 83.7 Å². The molecule has 6 atom stereocenters. The van der Waals surface area contributed by atoms with E-state index in [1.807, 2.05) is 13.8 Å². The van der Waals surface area contributed by atoms with Crippen LogP contribution in [-0.2, 0) is 0 Å². The summed E-state index contributed by atoms with van der Waals surface area (Å²) in [5.74, 6) is 4.32. The maximum atomic E-state index is 4.03. The van der Waals surface area contributed by atoms with Gasteiger partial charge in [-0.3, -0.25) is 0 Å². The Balaban J connectivity index is 0.000000478. The van der Waals surface area contributed by atoms with Gasteiger partial charge in [-0.2, -0.15) is 0 Å². The van der Waals surface area contributed by atoms with Gasteiger partial charge in [0.2, 0.25) is 0 Å². The van der Waals surface area contributed by atoms with Crippen molar-refractivity contribution in [1.82, 2.24) is 5.32 Å². The lowest BCUT2D eigenvalue weighted by atomic mass is 9.70. The molecule has 1 heteroatoms. The third-order valence-electron chi connectivity index (χ3n) is 6.25. The first kappa shape index (κ1) is 13.0. The Morgan fingerprint density at radius 2 is 1.33 bits per heavy atom. The molecule has 2 saturated heterocycles. The van der Waals surface area contributed by atoms with Gasteiger partial charge in [0.05, 0.1) is 0 Å². The van der Waals surface area contributed by atoms with E-state index >= 15 is 0 Å². The first-order valence-electron chi connectivity index (χ1n) is 8.69. The summed E-state index contributed by atoms with van der Waals surface area (Å²) >= 11 is 0. The number of hydrogen-bond donors (Lipinski definition) is 1. The maximum absolute atomic E-state index is 4.03. The van der Waals surface area contributed by atoms with Crippen LogP contribution in [0.2, 0.25) is 0 Å². The van der Waals surface area contributed by atoms with Gasteiger partial charge in [-0.1, -0.05) is 46.0 Å². The highest BCUT2D eigenvalue weighted by molar-refractivity contribution is 5.07. The molecule has 0 amide bonds. The molecular weight excluding hydrogens is 218 g/mol. The van der Waals surface area contributed by atoms with E-state index in [1.54, 1.807) is 12.8 Å². The van der Waals surface area contributed by atoms with E-state index in [4.69, 9.17) is 0 Å². The van der Waals surface area contributed by atoms with E-state index in [2.05, 4.69) is 5.32 Å². The van der Waals surface area contributed by atoms with E-state index in [-0.39, 0.29) is 0 Å². The van der Waals surface area contributed by atoms with Crippen molar-refractivity contribution in [3.05, 3.63) is 0 Å². The Hall–Kier alpha value is -0.0400. The highest BCUT2D eigenvalue weighted by Gasteiger charge is 2.52. The van der Waals surface area contributed by atoms with E-state index < -0.39 is 0 Å². The van der Waals surface area contributed by atoms with Crippen molar-refractivity contribution >= 4 is 0 Å². The fourth-order valence-corrected chi connectivity index (χ4v) is 5.64. The van der Waals surface area contributed by atoms with Gasteiger partial charge in [-0.25, -0.2) is 0 Å². The summed E-state index contributed by atoms with van der Waals surface area (Å²) in [5.41, 5.74) is 0. The van der Waals surface area contributed by atoms with Gasteiger partial charge in [0.15, 0.2) is 0 Å². The molecule has 0 aromatic heterocycles. The smallest absolute Gasteiger partial charge is 0.0132 e. The Morgan fingerprint density at radius 1 is 0.722 bits per heavy atom. The van der Waals surface area contributed by atoms with Crippen molar-refractivity contribution in [3.8, 4) is 0 Å². The largest absolute Gasteiger partial charge is 0.310 e. The Kier molecular flexibility index (Phi) is 3.98. The van der Waals surface area contributed by atoms with Gasteiger partial charge in [-0.15, -0.1) is 0 Å². The maximum Gasteiger partial charge on any atom is 0.0132 e. The standard InChI is InChI=1S/C15H25N.C2H6/c1-2-6-11-10(5-1)9-14-12-7-3-4-8-13(12)15(11)16-14;1-2/h10-16H,1-9H2;1-2H3. The van der Waals surface area contributed by atoms with Crippen molar-refractivity contribution in [1.29, 1.82) is 0 Å². The Bertz CT molecular complexity index is 269. The fraction of sp³-hybridized carbons (Fsp3) is 1.00. The molecule has 18 heavy (non-hydrogen) atoms. The minimum Gasteiger partial charge on any atom is -0.310 e. The summed E-state index contributed by atoms with van der Waals surface area (Å²) in [7, 11) is 0. The molecule has 4 rings (SSSR count). The molecule has 2 aliphatic heterocycles. The molecule has 2 aliphatic carbocycles. The minimum atomic E-state index is 0.926. The van der Waals surface area contributed by atoms with Crippen molar-refractivity contribution in [3.63, 3.8) is 0 Å². The molecule has 4 aliphatic rings. The topological polar surface area (TPSA) is 12.0 Å². The third kappa shape index (κ3) is 2.03. The van der Waals surface area contributed by atoms with E-state index in [0.717, 1.165) is 35.8 Å². The van der Waals surface area contributed by atoms with Crippen LogP contribution in [-0.4, -0.2) is 12.1 Å². The van der Waals surface area contributed by atoms with Crippen LogP contribution in [0.25, 0.3) is 0 Å². The Labute approximate surface area is 113 Å². The van der Waals surface area contributed by atoms with Gasteiger partial charge in [-0.05, 0) is 49.4 Å². The predicted molar refractivity (Wildman–Crippen MR) is 77.6 cm³/mol. The zero-order valence-electron chi connectivity index (χ0n) is 12.3. The molecule has 6 unspecified atom stereocenters. The van der Waals surface area contributed by atoms with E-state index in [1.165, 1.54) is 44.9 Å². The lowest BCUT2D eigenvalue weighted by molar-refractivity contribution is 0.123. The highest BCUT2D eigenvalue weighted by atomic mass is 15.0. The molecular formula is C17H31N. The fourth-order valence-electron chi connectivity index (χ4n) is 5.64. The van der Waals surface area contributed by atoms with Crippen LogP contribution in [0.5, 0.6) is 0 Å². The molecule has 104 valence electrons. The molecule has 2 heterocycles. The van der Waals surface area contributed by atoms with Crippen molar-refractivity contribution in [2.24, 2.45) is 23.7 Å². The Morgan fingerprint density at radius 3 is 2.11 bits per heavy atom. The first-order valence-corrected chi connectivity index (χ1v) is 8.69. The summed E-state index contributed by atoms with van der Waals surface area (Å²) in [6.45, 7) is 4.00. The monoisotopic (exact) mass is 249 g/mol. The average Bonchev–Trinajstić information content (AvgIpc) is 2.76. The zero-order valence-corrected chi connectivity index (χ0v) is 12.3. The van der Waals surface area contributed by atoms with E-state index in [9.17, 15) is 0 Å². The number of hydrogen-bond acceptors (Lipinski definition) is 1. The molecule has 2 bridgehead atoms. The van der Waals surface area contributed by atoms with Gasteiger partial charge in [0, 0.05) is 12.1 Å². The second-order valence-corrected chi connectivity index (χ2v) is 6.86. The molecule has 0 spiro atoms. The molecule has 0 radical (unpaired) electrons. The SMILES string of the molecule is C1CCC2C(C1)CC1NC2C2CCCCC12.CC. The van der Waals surface area contributed by atoms with Gasteiger partial charge >= 0.3 is 0 Å². The zero-order chi connectivity index (χ0) is 12.5. The number of piperidine rings is 1. The quantitative estimate of drug-likeness (QED) is 0.672. The van der Waals surface area contributed by atoms with Gasteiger partial charge in [0.25, 0.3) is 0 Å². The lowest BCUT2D eigenvalue weighted by Crippen LogP contribution is -2.48. The van der Waals surface area contributed by atoms with Gasteiger partial charge < -0.3 is 5.32 Å². The van der Waals surface area contributed by atoms with Crippen molar-refractivity contribution < 1.29 is 0 Å². The van der Waals surface area contributed by atoms with Crippen LogP contribution in [0.1, 0.15) is 71.6 Å². The molecule has 4 fully saturated rings. The minimum absolute atomic E-state index is 0.926. The van der Waals surface area contributed by atoms with Crippen LogP contribution in [0, 0.1) is 23.7 Å². The normalized spacial score (nSPS) is 49.7.